The number of halogens is 3. The molecule has 2 fully saturated rings. The maximum Gasteiger partial charge on any atom is 0.228 e. The number of aryl methyl sites for hydroxylation is 6. The number of rotatable bonds is 14. The Morgan fingerprint density at radius 2 is 1.15 bits per heavy atom. The number of benzene rings is 2. The van der Waals surface area contributed by atoms with Gasteiger partial charge in [0.1, 0.15) is 5.82 Å². The lowest BCUT2D eigenvalue weighted by Crippen LogP contribution is -2.29. The largest absolute Gasteiger partial charge is 0.396 e. The number of primary amides is 2. The summed E-state index contributed by atoms with van der Waals surface area (Å²) in [7, 11) is 0. The molecule has 8 rings (SSSR count). The predicted molar refractivity (Wildman–Crippen MR) is 237 cm³/mol. The van der Waals surface area contributed by atoms with Crippen LogP contribution in [-0.4, -0.2) is 51.3 Å². The van der Waals surface area contributed by atoms with Gasteiger partial charge in [0, 0.05) is 38.1 Å². The Morgan fingerprint density at radius 3 is 1.60 bits per heavy atom. The second-order valence-corrected chi connectivity index (χ2v) is 15.9. The topological polar surface area (TPSA) is 199 Å². The van der Waals surface area contributed by atoms with E-state index in [4.69, 9.17) is 52.0 Å². The maximum atomic E-state index is 12.0. The first-order valence-corrected chi connectivity index (χ1v) is 20.7. The third-order valence-electron chi connectivity index (χ3n) is 10.8. The lowest BCUT2D eigenvalue weighted by Gasteiger charge is -2.16. The molecule has 0 unspecified atom stereocenters. The number of nitrogens with zero attached hydrogens (tertiary/aromatic N) is 8. The van der Waals surface area contributed by atoms with Gasteiger partial charge in [-0.05, 0) is 105 Å². The number of hydrogen-bond acceptors (Lipinski definition) is 9. The fourth-order valence-electron chi connectivity index (χ4n) is 7.13. The molecule has 2 aromatic carbocycles. The van der Waals surface area contributed by atoms with Crippen LogP contribution in [0, 0.1) is 0 Å². The highest BCUT2D eigenvalue weighted by molar-refractivity contribution is 6.32. The first-order valence-electron chi connectivity index (χ1n) is 19.6. The molecule has 0 aliphatic heterocycles. The third kappa shape index (κ3) is 11.1. The highest BCUT2D eigenvalue weighted by atomic mass is 35.5. The van der Waals surface area contributed by atoms with E-state index in [2.05, 4.69) is 43.1 Å². The van der Waals surface area contributed by atoms with Crippen LogP contribution < -0.4 is 17.2 Å². The number of anilines is 1. The maximum absolute atomic E-state index is 12.0. The van der Waals surface area contributed by atoms with Crippen molar-refractivity contribution in [2.24, 2.45) is 11.5 Å². The van der Waals surface area contributed by atoms with Crippen molar-refractivity contribution in [3.05, 3.63) is 146 Å². The van der Waals surface area contributed by atoms with Gasteiger partial charge in [0.15, 0.2) is 0 Å². The first-order chi connectivity index (χ1) is 28.4. The molecule has 4 aromatic heterocycles. The molecule has 0 atom stereocenters. The first kappa shape index (κ1) is 45.7. The van der Waals surface area contributed by atoms with Gasteiger partial charge >= 0.3 is 0 Å². The SMILES string of the molecule is C.CCn1cc(Cc2ncc(Cl)c(CCc3ccccc3C3(C(N)=O)CC3)n2)cn1.CCn1cc(N)cn1.NC(=O)C1(c2ccccc2CCc2nc(Cl)ncc2Cl)CC1. The normalized spacial score (nSPS) is 14.1. The molecule has 2 aliphatic rings. The molecule has 2 amide bonds. The number of carbonyl (C=O) groups excluding carboxylic acids is 2. The lowest BCUT2D eigenvalue weighted by molar-refractivity contribution is -0.121. The van der Waals surface area contributed by atoms with Crippen molar-refractivity contribution in [3.63, 3.8) is 0 Å². The molecule has 0 saturated heterocycles. The van der Waals surface area contributed by atoms with E-state index < -0.39 is 10.8 Å². The summed E-state index contributed by atoms with van der Waals surface area (Å²) < 4.78 is 3.67. The van der Waals surface area contributed by atoms with Crippen molar-refractivity contribution < 1.29 is 9.59 Å². The van der Waals surface area contributed by atoms with E-state index >= 15 is 0 Å². The second kappa shape index (κ2) is 20.3. The van der Waals surface area contributed by atoms with Gasteiger partial charge < -0.3 is 17.2 Å². The molecule has 6 N–H and O–H groups in total. The molecule has 60 heavy (non-hydrogen) atoms. The second-order valence-electron chi connectivity index (χ2n) is 14.7. The fourth-order valence-corrected chi connectivity index (χ4v) is 7.65. The Labute approximate surface area is 366 Å². The number of hydrogen-bond donors (Lipinski definition) is 3. The summed E-state index contributed by atoms with van der Waals surface area (Å²) in [5.74, 6) is 0.243. The Balaban J connectivity index is 0.000000194. The molecular weight excluding hydrogens is 821 g/mol. The van der Waals surface area contributed by atoms with Crippen molar-refractivity contribution in [1.82, 2.24) is 39.5 Å². The molecule has 316 valence electrons. The van der Waals surface area contributed by atoms with E-state index in [0.29, 0.717) is 35.0 Å². The Kier molecular flexibility index (Phi) is 15.4. The minimum absolute atomic E-state index is 0. The van der Waals surface area contributed by atoms with Crippen molar-refractivity contribution in [2.75, 3.05) is 5.73 Å². The van der Waals surface area contributed by atoms with Gasteiger partial charge in [0.05, 0.1) is 56.5 Å². The van der Waals surface area contributed by atoms with Crippen LogP contribution in [0.3, 0.4) is 0 Å². The summed E-state index contributed by atoms with van der Waals surface area (Å²) in [4.78, 5) is 40.8. The van der Waals surface area contributed by atoms with E-state index in [1.165, 1.54) is 6.20 Å². The highest BCUT2D eigenvalue weighted by Gasteiger charge is 2.51. The molecule has 0 bridgehead atoms. The molecular formula is C44H52Cl3N11O2. The molecule has 0 spiro atoms. The number of amides is 2. The summed E-state index contributed by atoms with van der Waals surface area (Å²) in [6.07, 6.45) is 17.1. The van der Waals surface area contributed by atoms with E-state index in [-0.39, 0.29) is 24.5 Å². The van der Waals surface area contributed by atoms with E-state index in [9.17, 15) is 9.59 Å². The van der Waals surface area contributed by atoms with Crippen LogP contribution in [0.4, 0.5) is 5.69 Å². The van der Waals surface area contributed by atoms with Gasteiger partial charge in [-0.25, -0.2) is 19.9 Å². The summed E-state index contributed by atoms with van der Waals surface area (Å²) in [5.41, 5.74) is 23.3. The van der Waals surface area contributed by atoms with Gasteiger partial charge in [-0.2, -0.15) is 10.2 Å². The standard InChI is InChI=1S/C22H24ClN5O.C16H15Cl2N3O.C5H9N3.CH4/c1-2-28-14-15(12-26-28)11-20-25-13-18(23)19(27-20)8-7-16-5-3-4-6-17(16)22(9-10-22)21(24)29;17-12-9-20-15(18)21-13(12)6-5-10-3-1-2-4-11(10)16(7-8-16)14(19)22;1-2-8-4-5(6)3-7-8;/h3-6,12-14H,2,7-11H2,1H3,(H2,24,29);1-4,9H,5-8H2,(H2,19,22);3-4H,2,6H2,1H3;1H4. The number of carbonyl (C=O) groups is 2. The monoisotopic (exact) mass is 871 g/mol. The zero-order valence-electron chi connectivity index (χ0n) is 33.1. The minimum Gasteiger partial charge on any atom is -0.396 e. The molecule has 2 aliphatic carbocycles. The molecule has 2 saturated carbocycles. The molecule has 0 radical (unpaired) electrons. The Hall–Kier alpha value is -5.37. The highest BCUT2D eigenvalue weighted by Crippen LogP contribution is 2.50. The summed E-state index contributed by atoms with van der Waals surface area (Å²) in [6.45, 7) is 5.79. The third-order valence-corrected chi connectivity index (χ3v) is 11.6. The lowest BCUT2D eigenvalue weighted by atomic mass is 9.88. The zero-order valence-corrected chi connectivity index (χ0v) is 35.4. The average molecular weight is 873 g/mol. The number of aromatic nitrogens is 8. The molecule has 6 aromatic rings. The van der Waals surface area contributed by atoms with Crippen molar-refractivity contribution in [3.8, 4) is 0 Å². The van der Waals surface area contributed by atoms with Crippen LogP contribution in [-0.2, 0) is 65.6 Å². The number of nitrogen functional groups attached to an aromatic ring is 1. The van der Waals surface area contributed by atoms with Crippen LogP contribution in [0.5, 0.6) is 0 Å². The Bertz CT molecular complexity index is 2410. The summed E-state index contributed by atoms with van der Waals surface area (Å²) >= 11 is 18.3. The summed E-state index contributed by atoms with van der Waals surface area (Å²) in [5, 5.41) is 9.47. The van der Waals surface area contributed by atoms with E-state index in [0.717, 1.165) is 96.6 Å². The zero-order chi connectivity index (χ0) is 42.2. The molecule has 16 heteroatoms. The smallest absolute Gasteiger partial charge is 0.228 e. The van der Waals surface area contributed by atoms with Gasteiger partial charge in [-0.3, -0.25) is 19.0 Å². The van der Waals surface area contributed by atoms with Crippen LogP contribution in [0.2, 0.25) is 15.3 Å². The quantitative estimate of drug-likeness (QED) is 0.0931. The van der Waals surface area contributed by atoms with Crippen LogP contribution in [0.15, 0.2) is 85.7 Å². The van der Waals surface area contributed by atoms with Crippen LogP contribution in [0.1, 0.15) is 92.0 Å². The molecule has 13 nitrogen and oxygen atoms in total. The minimum atomic E-state index is -0.489. The van der Waals surface area contributed by atoms with Crippen LogP contribution >= 0.6 is 34.8 Å². The fraction of sp³-hybridized carbons (Fsp3) is 0.364. The van der Waals surface area contributed by atoms with Gasteiger partial charge in [0.25, 0.3) is 0 Å². The van der Waals surface area contributed by atoms with Gasteiger partial charge in [-0.1, -0.05) is 79.2 Å². The predicted octanol–water partition coefficient (Wildman–Crippen LogP) is 7.45. The van der Waals surface area contributed by atoms with E-state index in [1.54, 1.807) is 23.3 Å². The van der Waals surface area contributed by atoms with Crippen LogP contribution in [0.25, 0.3) is 0 Å². The van der Waals surface area contributed by atoms with Crippen molar-refractivity contribution >= 4 is 52.3 Å². The molecule has 4 heterocycles. The van der Waals surface area contributed by atoms with Crippen molar-refractivity contribution in [1.29, 1.82) is 0 Å². The van der Waals surface area contributed by atoms with Crippen molar-refractivity contribution in [2.45, 2.75) is 103 Å². The van der Waals surface area contributed by atoms with E-state index in [1.807, 2.05) is 66.5 Å². The number of nitrogens with two attached hydrogens (primary N) is 3. The van der Waals surface area contributed by atoms with Gasteiger partial charge in [-0.15, -0.1) is 0 Å². The van der Waals surface area contributed by atoms with Gasteiger partial charge in [0.2, 0.25) is 17.1 Å². The Morgan fingerprint density at radius 1 is 0.667 bits per heavy atom. The average Bonchev–Trinajstić information content (AvgIpc) is 4.14. The summed E-state index contributed by atoms with van der Waals surface area (Å²) in [6, 6.07) is 16.0.